The van der Waals surface area contributed by atoms with Crippen LogP contribution in [0, 0.1) is 0 Å². The molecule has 3 nitrogen and oxygen atoms in total. The van der Waals surface area contributed by atoms with Crippen molar-refractivity contribution in [1.29, 1.82) is 0 Å². The quantitative estimate of drug-likeness (QED) is 0.761. The molecule has 0 unspecified atom stereocenters. The minimum Gasteiger partial charge on any atom is -0.481 e. The average molecular weight is 176 g/mol. The van der Waals surface area contributed by atoms with Crippen molar-refractivity contribution in [3.05, 3.63) is 36.1 Å². The lowest BCUT2D eigenvalue weighted by molar-refractivity contribution is -0.136. The molecule has 66 valence electrons. The van der Waals surface area contributed by atoms with Gasteiger partial charge >= 0.3 is 5.97 Å². The Morgan fingerprint density at radius 1 is 1.38 bits per heavy atom. The largest absolute Gasteiger partial charge is 0.481 e. The highest BCUT2D eigenvalue weighted by atomic mass is 16.4. The Bertz CT molecular complexity index is 442. The van der Waals surface area contributed by atoms with Crippen LogP contribution in [0.15, 0.2) is 34.9 Å². The van der Waals surface area contributed by atoms with Crippen LogP contribution in [0.4, 0.5) is 0 Å². The van der Waals surface area contributed by atoms with Crippen LogP contribution < -0.4 is 0 Å². The first-order chi connectivity index (χ1) is 6.25. The van der Waals surface area contributed by atoms with Gasteiger partial charge < -0.3 is 9.52 Å². The summed E-state index contributed by atoms with van der Waals surface area (Å²) >= 11 is 0. The highest BCUT2D eigenvalue weighted by Crippen LogP contribution is 2.17. The first kappa shape index (κ1) is 7.86. The van der Waals surface area contributed by atoms with Crippen molar-refractivity contribution in [2.75, 3.05) is 0 Å². The topological polar surface area (TPSA) is 50.4 Å². The van der Waals surface area contributed by atoms with Gasteiger partial charge in [-0.25, -0.2) is 0 Å². The molecule has 1 aromatic heterocycles. The predicted octanol–water partition coefficient (Wildman–Crippen LogP) is 2.06. The van der Waals surface area contributed by atoms with E-state index in [2.05, 4.69) is 0 Å². The molecule has 0 aliphatic carbocycles. The number of hydrogen-bond acceptors (Lipinski definition) is 2. The van der Waals surface area contributed by atoms with Gasteiger partial charge in [-0.1, -0.05) is 12.1 Å². The molecule has 0 saturated heterocycles. The van der Waals surface area contributed by atoms with Gasteiger partial charge in [0.2, 0.25) is 0 Å². The maximum absolute atomic E-state index is 10.4. The van der Waals surface area contributed by atoms with Crippen LogP contribution >= 0.6 is 0 Å². The summed E-state index contributed by atoms with van der Waals surface area (Å²) in [6.45, 7) is 0. The van der Waals surface area contributed by atoms with Crippen molar-refractivity contribution in [2.45, 2.75) is 6.42 Å². The smallest absolute Gasteiger partial charge is 0.307 e. The lowest BCUT2D eigenvalue weighted by Crippen LogP contribution is -1.99. The van der Waals surface area contributed by atoms with Crippen LogP contribution in [0.5, 0.6) is 0 Å². The van der Waals surface area contributed by atoms with E-state index >= 15 is 0 Å². The number of furan rings is 1. The molecule has 0 spiro atoms. The van der Waals surface area contributed by atoms with Crippen molar-refractivity contribution in [3.63, 3.8) is 0 Å². The Labute approximate surface area is 74.6 Å². The molecule has 1 heterocycles. The van der Waals surface area contributed by atoms with Gasteiger partial charge in [0.05, 0.1) is 12.7 Å². The van der Waals surface area contributed by atoms with Gasteiger partial charge in [-0.3, -0.25) is 4.79 Å². The summed E-state index contributed by atoms with van der Waals surface area (Å²) in [4.78, 5) is 10.4. The van der Waals surface area contributed by atoms with Crippen molar-refractivity contribution in [2.24, 2.45) is 0 Å². The second-order valence-electron chi connectivity index (χ2n) is 2.86. The summed E-state index contributed by atoms with van der Waals surface area (Å²) in [5.41, 5.74) is 1.49. The summed E-state index contributed by atoms with van der Waals surface area (Å²) in [6, 6.07) is 7.26. The fourth-order valence-corrected chi connectivity index (χ4v) is 1.28. The van der Waals surface area contributed by atoms with E-state index in [0.717, 1.165) is 16.5 Å². The van der Waals surface area contributed by atoms with Gasteiger partial charge in [-0.05, 0) is 17.7 Å². The zero-order valence-electron chi connectivity index (χ0n) is 6.86. The molecule has 3 heteroatoms. The minimum atomic E-state index is -0.828. The van der Waals surface area contributed by atoms with E-state index in [9.17, 15) is 4.79 Å². The highest BCUT2D eigenvalue weighted by Gasteiger charge is 2.02. The molecule has 2 aromatic rings. The van der Waals surface area contributed by atoms with E-state index in [-0.39, 0.29) is 6.42 Å². The minimum absolute atomic E-state index is 0.0383. The average Bonchev–Trinajstić information content (AvgIpc) is 2.49. The van der Waals surface area contributed by atoms with E-state index in [1.165, 1.54) is 0 Å². The number of fused-ring (bicyclic) bond motifs is 1. The number of rotatable bonds is 2. The van der Waals surface area contributed by atoms with E-state index in [0.29, 0.717) is 0 Å². The Kier molecular flexibility index (Phi) is 1.77. The van der Waals surface area contributed by atoms with E-state index in [4.69, 9.17) is 9.52 Å². The lowest BCUT2D eigenvalue weighted by atomic mass is 10.1. The van der Waals surface area contributed by atoms with E-state index in [1.807, 2.05) is 12.1 Å². The van der Waals surface area contributed by atoms with Crippen LogP contribution in [0.1, 0.15) is 5.56 Å². The first-order valence-electron chi connectivity index (χ1n) is 3.93. The third-order valence-corrected chi connectivity index (χ3v) is 1.88. The molecule has 0 radical (unpaired) electrons. The zero-order chi connectivity index (χ0) is 9.26. The summed E-state index contributed by atoms with van der Waals surface area (Å²) in [5.74, 6) is -0.828. The van der Waals surface area contributed by atoms with Crippen LogP contribution in [-0.4, -0.2) is 11.1 Å². The first-order valence-corrected chi connectivity index (χ1v) is 3.93. The number of benzene rings is 1. The summed E-state index contributed by atoms with van der Waals surface area (Å²) in [5, 5.41) is 9.55. The van der Waals surface area contributed by atoms with Gasteiger partial charge in [0.15, 0.2) is 0 Å². The number of aliphatic carboxylic acids is 1. The van der Waals surface area contributed by atoms with Crippen LogP contribution in [-0.2, 0) is 11.2 Å². The van der Waals surface area contributed by atoms with Crippen LogP contribution in [0.2, 0.25) is 0 Å². The van der Waals surface area contributed by atoms with Gasteiger partial charge in [-0.2, -0.15) is 0 Å². The molecular weight excluding hydrogens is 168 g/mol. The van der Waals surface area contributed by atoms with Crippen molar-refractivity contribution in [1.82, 2.24) is 0 Å². The lowest BCUT2D eigenvalue weighted by Gasteiger charge is -1.95. The molecule has 0 saturated carbocycles. The Morgan fingerprint density at radius 3 is 3.00 bits per heavy atom. The number of hydrogen-bond donors (Lipinski definition) is 1. The zero-order valence-corrected chi connectivity index (χ0v) is 6.86. The highest BCUT2D eigenvalue weighted by molar-refractivity contribution is 5.79. The van der Waals surface area contributed by atoms with E-state index in [1.54, 1.807) is 18.4 Å². The molecule has 1 aromatic carbocycles. The molecular formula is C10H8O3. The van der Waals surface area contributed by atoms with Crippen molar-refractivity contribution in [3.8, 4) is 0 Å². The molecule has 13 heavy (non-hydrogen) atoms. The second-order valence-corrected chi connectivity index (χ2v) is 2.86. The fourth-order valence-electron chi connectivity index (χ4n) is 1.28. The summed E-state index contributed by atoms with van der Waals surface area (Å²) in [6.07, 6.45) is 1.63. The second kappa shape index (κ2) is 2.94. The van der Waals surface area contributed by atoms with Gasteiger partial charge in [0.25, 0.3) is 0 Å². The summed E-state index contributed by atoms with van der Waals surface area (Å²) in [7, 11) is 0. The SMILES string of the molecule is O=C(O)Cc1ccc2ccoc2c1. The maximum atomic E-state index is 10.4. The van der Waals surface area contributed by atoms with Gasteiger partial charge in [0.1, 0.15) is 5.58 Å². The third kappa shape index (κ3) is 1.54. The maximum Gasteiger partial charge on any atom is 0.307 e. The molecule has 0 atom stereocenters. The van der Waals surface area contributed by atoms with Crippen LogP contribution in [0.3, 0.4) is 0 Å². The molecule has 1 N–H and O–H groups in total. The van der Waals surface area contributed by atoms with Crippen molar-refractivity contribution < 1.29 is 14.3 Å². The number of carboxylic acids is 1. The Balaban J connectivity index is 2.42. The van der Waals surface area contributed by atoms with Gasteiger partial charge in [-0.15, -0.1) is 0 Å². The molecule has 0 aliphatic rings. The number of carbonyl (C=O) groups is 1. The number of carboxylic acid groups (broad SMARTS) is 1. The van der Waals surface area contributed by atoms with Crippen LogP contribution in [0.25, 0.3) is 11.0 Å². The predicted molar refractivity (Wildman–Crippen MR) is 47.6 cm³/mol. The molecule has 0 amide bonds. The monoisotopic (exact) mass is 176 g/mol. The fraction of sp³-hybridized carbons (Fsp3) is 0.100. The molecule has 0 aliphatic heterocycles. The normalized spacial score (nSPS) is 10.5. The summed E-state index contributed by atoms with van der Waals surface area (Å²) < 4.78 is 5.15. The molecule has 0 fully saturated rings. The Morgan fingerprint density at radius 2 is 2.23 bits per heavy atom. The van der Waals surface area contributed by atoms with Crippen molar-refractivity contribution >= 4 is 16.9 Å². The third-order valence-electron chi connectivity index (χ3n) is 1.88. The standard InChI is InChI=1S/C10H8O3/c11-10(12)6-7-1-2-8-3-4-13-9(8)5-7/h1-5H,6H2,(H,11,12). The van der Waals surface area contributed by atoms with E-state index < -0.39 is 5.97 Å². The molecule has 2 rings (SSSR count). The molecule has 0 bridgehead atoms. The Hall–Kier alpha value is -1.77. The van der Waals surface area contributed by atoms with Gasteiger partial charge in [0, 0.05) is 5.39 Å².